The highest BCUT2D eigenvalue weighted by Crippen LogP contribution is 2.31. The first-order chi connectivity index (χ1) is 11.8. The fourth-order valence-electron chi connectivity index (χ4n) is 3.81. The molecule has 0 N–H and O–H groups in total. The average Bonchev–Trinajstić information content (AvgIpc) is 3.29. The molecule has 1 saturated heterocycles. The van der Waals surface area contributed by atoms with Gasteiger partial charge in [-0.2, -0.15) is 0 Å². The predicted molar refractivity (Wildman–Crippen MR) is 91.9 cm³/mol. The first-order valence-electron chi connectivity index (χ1n) is 8.76. The first kappa shape index (κ1) is 15.2. The van der Waals surface area contributed by atoms with Crippen molar-refractivity contribution in [2.45, 2.75) is 38.1 Å². The highest BCUT2D eigenvalue weighted by Gasteiger charge is 2.30. The third-order valence-electron chi connectivity index (χ3n) is 5.03. The van der Waals surface area contributed by atoms with Crippen LogP contribution >= 0.6 is 0 Å². The Morgan fingerprint density at radius 2 is 2.08 bits per heavy atom. The number of carbonyl (C=O) groups is 1. The first-order valence-corrected chi connectivity index (χ1v) is 8.76. The zero-order chi connectivity index (χ0) is 16.4. The monoisotopic (exact) mass is 322 g/mol. The van der Waals surface area contributed by atoms with Gasteiger partial charge in [0.25, 0.3) is 5.91 Å². The molecule has 1 atom stereocenters. The molecule has 0 unspecified atom stereocenters. The van der Waals surface area contributed by atoms with E-state index in [9.17, 15) is 4.79 Å². The summed E-state index contributed by atoms with van der Waals surface area (Å²) in [6, 6.07) is 12.2. The van der Waals surface area contributed by atoms with E-state index in [1.54, 1.807) is 6.20 Å². The standard InChI is InChI=1S/C20H22N2O2/c23-20(14-24-17-10-9-15-5-3-6-16(15)13-17)22-12-4-8-19(22)18-7-1-2-11-21-18/h1-2,7,9-11,13,19H,3-6,8,12,14H2/t19-/m0/s1. The van der Waals surface area contributed by atoms with Crippen molar-refractivity contribution in [3.05, 3.63) is 59.4 Å². The van der Waals surface area contributed by atoms with E-state index in [1.165, 1.54) is 17.5 Å². The third-order valence-corrected chi connectivity index (χ3v) is 5.03. The summed E-state index contributed by atoms with van der Waals surface area (Å²) in [5.41, 5.74) is 3.76. The number of carbonyl (C=O) groups excluding carboxylic acids is 1. The number of fused-ring (bicyclic) bond motifs is 1. The second-order valence-electron chi connectivity index (χ2n) is 6.57. The zero-order valence-corrected chi connectivity index (χ0v) is 13.8. The van der Waals surface area contributed by atoms with Crippen LogP contribution < -0.4 is 4.74 Å². The molecule has 4 heteroatoms. The molecule has 0 spiro atoms. The number of benzene rings is 1. The molecule has 2 aromatic rings. The topological polar surface area (TPSA) is 42.4 Å². The van der Waals surface area contributed by atoms with Gasteiger partial charge in [-0.3, -0.25) is 9.78 Å². The van der Waals surface area contributed by atoms with E-state index in [1.807, 2.05) is 29.2 Å². The number of likely N-dealkylation sites (tertiary alicyclic amines) is 1. The minimum absolute atomic E-state index is 0.0450. The molecule has 24 heavy (non-hydrogen) atoms. The van der Waals surface area contributed by atoms with E-state index >= 15 is 0 Å². The van der Waals surface area contributed by atoms with Crippen LogP contribution in [-0.4, -0.2) is 28.9 Å². The second-order valence-corrected chi connectivity index (χ2v) is 6.57. The average molecular weight is 322 g/mol. The number of rotatable bonds is 4. The molecule has 1 fully saturated rings. The maximum atomic E-state index is 12.6. The summed E-state index contributed by atoms with van der Waals surface area (Å²) < 4.78 is 5.78. The van der Waals surface area contributed by atoms with Crippen molar-refractivity contribution in [1.29, 1.82) is 0 Å². The quantitative estimate of drug-likeness (QED) is 0.867. The Hall–Kier alpha value is -2.36. The molecule has 1 aliphatic heterocycles. The highest BCUT2D eigenvalue weighted by molar-refractivity contribution is 5.78. The van der Waals surface area contributed by atoms with Gasteiger partial charge in [0.05, 0.1) is 11.7 Å². The predicted octanol–water partition coefficient (Wildman–Crippen LogP) is 3.31. The minimum Gasteiger partial charge on any atom is -0.484 e. The van der Waals surface area contributed by atoms with Gasteiger partial charge in [0.1, 0.15) is 5.75 Å². The number of aryl methyl sites for hydroxylation is 2. The Morgan fingerprint density at radius 1 is 1.17 bits per heavy atom. The van der Waals surface area contributed by atoms with Crippen molar-refractivity contribution in [2.75, 3.05) is 13.2 Å². The van der Waals surface area contributed by atoms with Crippen molar-refractivity contribution < 1.29 is 9.53 Å². The molecular formula is C20H22N2O2. The number of ether oxygens (including phenoxy) is 1. The molecule has 1 aromatic carbocycles. The van der Waals surface area contributed by atoms with Gasteiger partial charge in [0.2, 0.25) is 0 Å². The molecule has 0 radical (unpaired) electrons. The van der Waals surface area contributed by atoms with Gasteiger partial charge in [-0.25, -0.2) is 0 Å². The number of amides is 1. The Morgan fingerprint density at radius 3 is 2.96 bits per heavy atom. The van der Waals surface area contributed by atoms with Gasteiger partial charge in [0.15, 0.2) is 6.61 Å². The number of pyridine rings is 1. The van der Waals surface area contributed by atoms with E-state index in [4.69, 9.17) is 4.74 Å². The molecule has 1 aromatic heterocycles. The van der Waals surface area contributed by atoms with Crippen LogP contribution in [0.1, 0.15) is 42.1 Å². The lowest BCUT2D eigenvalue weighted by molar-refractivity contribution is -0.134. The smallest absolute Gasteiger partial charge is 0.261 e. The zero-order valence-electron chi connectivity index (χ0n) is 13.8. The number of nitrogens with zero attached hydrogens (tertiary/aromatic N) is 2. The van der Waals surface area contributed by atoms with Crippen LogP contribution in [0.3, 0.4) is 0 Å². The Labute approximate surface area is 142 Å². The summed E-state index contributed by atoms with van der Waals surface area (Å²) in [5, 5.41) is 0. The van der Waals surface area contributed by atoms with Crippen molar-refractivity contribution in [2.24, 2.45) is 0 Å². The SMILES string of the molecule is O=C(COc1ccc2c(c1)CCC2)N1CCC[C@H]1c1ccccn1. The lowest BCUT2D eigenvalue weighted by Crippen LogP contribution is -2.34. The van der Waals surface area contributed by atoms with Crippen molar-refractivity contribution in [1.82, 2.24) is 9.88 Å². The molecule has 124 valence electrons. The Bertz CT molecular complexity index is 730. The summed E-state index contributed by atoms with van der Waals surface area (Å²) >= 11 is 0. The molecule has 0 bridgehead atoms. The van der Waals surface area contributed by atoms with Crippen molar-refractivity contribution in [3.63, 3.8) is 0 Å². The fraction of sp³-hybridized carbons (Fsp3) is 0.400. The van der Waals surface area contributed by atoms with E-state index in [0.717, 1.165) is 43.7 Å². The summed E-state index contributed by atoms with van der Waals surface area (Å²) in [7, 11) is 0. The number of hydrogen-bond donors (Lipinski definition) is 0. The van der Waals surface area contributed by atoms with Crippen molar-refractivity contribution >= 4 is 5.91 Å². The van der Waals surface area contributed by atoms with Crippen molar-refractivity contribution in [3.8, 4) is 5.75 Å². The largest absolute Gasteiger partial charge is 0.484 e. The van der Waals surface area contributed by atoms with Crippen LogP contribution in [0.2, 0.25) is 0 Å². The van der Waals surface area contributed by atoms with Gasteiger partial charge in [-0.15, -0.1) is 0 Å². The number of aromatic nitrogens is 1. The molecule has 1 amide bonds. The maximum Gasteiger partial charge on any atom is 0.261 e. The normalized spacial score (nSPS) is 19.3. The van der Waals surface area contributed by atoms with Crippen LogP contribution in [0.5, 0.6) is 5.75 Å². The van der Waals surface area contributed by atoms with Crippen LogP contribution in [0.4, 0.5) is 0 Å². The van der Waals surface area contributed by atoms with Gasteiger partial charge in [0, 0.05) is 12.7 Å². The van der Waals surface area contributed by atoms with E-state index in [-0.39, 0.29) is 18.6 Å². The fourth-order valence-corrected chi connectivity index (χ4v) is 3.81. The van der Waals surface area contributed by atoms with E-state index in [2.05, 4.69) is 17.1 Å². The lowest BCUT2D eigenvalue weighted by atomic mass is 10.1. The molecule has 1 aliphatic carbocycles. The highest BCUT2D eigenvalue weighted by atomic mass is 16.5. The summed E-state index contributed by atoms with van der Waals surface area (Å²) in [5.74, 6) is 0.848. The van der Waals surface area contributed by atoms with E-state index < -0.39 is 0 Å². The summed E-state index contributed by atoms with van der Waals surface area (Å²) in [6.45, 7) is 0.885. The van der Waals surface area contributed by atoms with Gasteiger partial charge >= 0.3 is 0 Å². The van der Waals surface area contributed by atoms with Crippen LogP contribution in [0.15, 0.2) is 42.6 Å². The maximum absolute atomic E-state index is 12.6. The van der Waals surface area contributed by atoms with Gasteiger partial charge < -0.3 is 9.64 Å². The molecular weight excluding hydrogens is 300 g/mol. The van der Waals surface area contributed by atoms with Gasteiger partial charge in [-0.05, 0) is 67.5 Å². The number of hydrogen-bond acceptors (Lipinski definition) is 3. The van der Waals surface area contributed by atoms with Crippen LogP contribution in [0, 0.1) is 0 Å². The minimum atomic E-state index is 0.0450. The molecule has 4 nitrogen and oxygen atoms in total. The lowest BCUT2D eigenvalue weighted by Gasteiger charge is -2.24. The Kier molecular flexibility index (Phi) is 4.20. The van der Waals surface area contributed by atoms with Crippen LogP contribution in [-0.2, 0) is 17.6 Å². The van der Waals surface area contributed by atoms with E-state index in [0.29, 0.717) is 0 Å². The molecule has 4 rings (SSSR count). The second kappa shape index (κ2) is 6.63. The molecule has 2 heterocycles. The van der Waals surface area contributed by atoms with Gasteiger partial charge in [-0.1, -0.05) is 12.1 Å². The summed E-state index contributed by atoms with van der Waals surface area (Å²) in [4.78, 5) is 18.9. The van der Waals surface area contributed by atoms with Crippen LogP contribution in [0.25, 0.3) is 0 Å². The third kappa shape index (κ3) is 3.01. The molecule has 0 saturated carbocycles. The molecule has 2 aliphatic rings. The summed E-state index contributed by atoms with van der Waals surface area (Å²) in [6.07, 6.45) is 7.28. The Balaban J connectivity index is 1.40.